The zero-order valence-corrected chi connectivity index (χ0v) is 8.54. The second-order valence-corrected chi connectivity index (χ2v) is 6.21. The molecule has 9 nitrogen and oxygen atoms in total. The maximum absolute atomic E-state index is 10.2. The lowest BCUT2D eigenvalue weighted by molar-refractivity contribution is 0.476. The lowest BCUT2D eigenvalue weighted by Gasteiger charge is -1.97. The summed E-state index contributed by atoms with van der Waals surface area (Å²) in [7, 11) is -16.1. The molecule has 0 fully saturated rings. The molecule has 0 bridgehead atoms. The molecule has 0 aliphatic carbocycles. The van der Waals surface area contributed by atoms with Crippen LogP contribution < -0.4 is 0 Å². The smallest absolute Gasteiger partial charge is 0.282 e. The Hall–Kier alpha value is -0.530. The quantitative estimate of drug-likeness (QED) is 0.514. The van der Waals surface area contributed by atoms with E-state index in [4.69, 9.17) is 13.7 Å². The largest absolute Gasteiger partial charge is 0.308 e. The number of rotatable bonds is 3. The van der Waals surface area contributed by atoms with Crippen LogP contribution in [0.4, 0.5) is 0 Å². The Morgan fingerprint density at radius 1 is 0.786 bits per heavy atom. The van der Waals surface area contributed by atoms with Gasteiger partial charge in [-0.15, -0.1) is 0 Å². The predicted molar refractivity (Wildman–Crippen MR) is 42.7 cm³/mol. The molecule has 0 saturated heterocycles. The van der Waals surface area contributed by atoms with E-state index in [1.54, 1.807) is 0 Å². The molecule has 0 atom stereocenters. The summed E-state index contributed by atoms with van der Waals surface area (Å²) in [5, 5.41) is -0.711. The van der Waals surface area contributed by atoms with Crippen molar-refractivity contribution in [2.75, 3.05) is 0 Å². The fraction of sp³-hybridized carbons (Fsp3) is 0. The monoisotopic (exact) mass is 268 g/mol. The lowest BCUT2D eigenvalue weighted by Crippen LogP contribution is -2.14. The van der Waals surface area contributed by atoms with Crippen molar-refractivity contribution in [3.05, 3.63) is 9.65 Å². The van der Waals surface area contributed by atoms with Gasteiger partial charge in [0.1, 0.15) is 0 Å². The van der Waals surface area contributed by atoms with Gasteiger partial charge in [-0.1, -0.05) is 0 Å². The van der Waals surface area contributed by atoms with Crippen molar-refractivity contribution in [3.63, 3.8) is 0 Å². The summed E-state index contributed by atoms with van der Waals surface area (Å²) < 4.78 is 83.2. The first-order valence-corrected chi connectivity index (χ1v) is 6.86. The third kappa shape index (κ3) is 4.64. The van der Waals surface area contributed by atoms with Gasteiger partial charge in [-0.25, -0.2) is 0 Å². The predicted octanol–water partition coefficient (Wildman–Crippen LogP) is -1.55. The molecule has 14 heavy (non-hydrogen) atoms. The molecular weight excluding hydrogens is 264 g/mol. The van der Waals surface area contributed by atoms with E-state index in [-0.39, 0.29) is 0 Å². The van der Waals surface area contributed by atoms with Gasteiger partial charge in [0.05, 0.1) is 5.41 Å². The van der Waals surface area contributed by atoms with Crippen molar-refractivity contribution >= 4 is 30.4 Å². The van der Waals surface area contributed by atoms with Gasteiger partial charge in [0.15, 0.2) is 0 Å². The van der Waals surface area contributed by atoms with Gasteiger partial charge >= 0.3 is 20.2 Å². The third-order valence-electron chi connectivity index (χ3n) is 0.754. The average molecular weight is 268 g/mol. The van der Waals surface area contributed by atoms with Gasteiger partial charge in [0.25, 0.3) is 10.1 Å². The summed E-state index contributed by atoms with van der Waals surface area (Å²) in [5.74, 6) is 0. The maximum Gasteiger partial charge on any atom is 0.308 e. The molecule has 0 rings (SSSR count). The highest BCUT2D eigenvalue weighted by Crippen LogP contribution is 2.12. The molecule has 0 aromatic heterocycles. The van der Waals surface area contributed by atoms with E-state index < -0.39 is 40.0 Å². The average Bonchev–Trinajstić information content (AvgIpc) is 1.75. The fourth-order valence-corrected chi connectivity index (χ4v) is 3.39. The number of hydrogen-bond acceptors (Lipinski definition) is 6. The Balaban J connectivity index is 6.03. The molecule has 0 aromatic carbocycles. The minimum absolute atomic E-state index is 0.711. The minimum Gasteiger partial charge on any atom is -0.282 e. The molecule has 0 amide bonds. The van der Waals surface area contributed by atoms with E-state index in [0.717, 1.165) is 0 Å². The maximum atomic E-state index is 10.2. The highest BCUT2D eigenvalue weighted by atomic mass is 32.3. The molecule has 0 heterocycles. The summed E-state index contributed by atoms with van der Waals surface area (Å²) in [5.41, 5.74) is 0. The van der Waals surface area contributed by atoms with Crippen LogP contribution in [0.25, 0.3) is 0 Å². The van der Waals surface area contributed by atoms with Crippen LogP contribution in [-0.2, 0) is 30.4 Å². The van der Waals surface area contributed by atoms with Crippen LogP contribution in [-0.4, -0.2) is 38.9 Å². The summed E-state index contributed by atoms with van der Waals surface area (Å²) in [6.45, 7) is 0. The van der Waals surface area contributed by atoms with Gasteiger partial charge in [0.2, 0.25) is 4.24 Å². The molecule has 12 heteroatoms. The van der Waals surface area contributed by atoms with E-state index in [2.05, 4.69) is 0 Å². The first-order valence-electron chi connectivity index (χ1n) is 2.48. The molecule has 0 saturated carbocycles. The second kappa shape index (κ2) is 3.56. The molecular formula is C2H4O9S3. The molecule has 0 radical (unpaired) electrons. The minimum atomic E-state index is -5.47. The van der Waals surface area contributed by atoms with Crippen molar-refractivity contribution in [2.24, 2.45) is 0 Å². The first-order chi connectivity index (χ1) is 5.84. The van der Waals surface area contributed by atoms with Gasteiger partial charge in [0, 0.05) is 0 Å². The van der Waals surface area contributed by atoms with Crippen LogP contribution in [0.3, 0.4) is 0 Å². The van der Waals surface area contributed by atoms with Gasteiger partial charge in [-0.05, 0) is 0 Å². The molecule has 0 spiro atoms. The second-order valence-electron chi connectivity index (χ2n) is 1.90. The van der Waals surface area contributed by atoms with Crippen LogP contribution in [0.1, 0.15) is 0 Å². The molecule has 84 valence electrons. The zero-order chi connectivity index (χ0) is 11.8. The Morgan fingerprint density at radius 3 is 1.14 bits per heavy atom. The van der Waals surface area contributed by atoms with Crippen LogP contribution in [0.2, 0.25) is 0 Å². The van der Waals surface area contributed by atoms with Crippen LogP contribution in [0.15, 0.2) is 9.65 Å². The third-order valence-corrected chi connectivity index (χ3v) is 4.10. The molecule has 0 aromatic rings. The fourth-order valence-electron chi connectivity index (χ4n) is 0.376. The van der Waals surface area contributed by atoms with Gasteiger partial charge < -0.3 is 0 Å². The van der Waals surface area contributed by atoms with Crippen LogP contribution in [0, 0.1) is 0 Å². The van der Waals surface area contributed by atoms with Crippen molar-refractivity contribution in [1.82, 2.24) is 0 Å². The van der Waals surface area contributed by atoms with E-state index in [9.17, 15) is 25.3 Å². The van der Waals surface area contributed by atoms with Crippen molar-refractivity contribution in [1.29, 1.82) is 0 Å². The van der Waals surface area contributed by atoms with E-state index in [1.807, 2.05) is 0 Å². The SMILES string of the molecule is O=S(=O)(O)C=C(S(=O)(=O)O)S(=O)(=O)O. The Bertz CT molecular complexity index is 507. The first kappa shape index (κ1) is 13.5. The lowest BCUT2D eigenvalue weighted by atomic mass is 11.2. The summed E-state index contributed by atoms with van der Waals surface area (Å²) in [6, 6.07) is 0. The van der Waals surface area contributed by atoms with Gasteiger partial charge in [-0.3, -0.25) is 13.7 Å². The van der Waals surface area contributed by atoms with Gasteiger partial charge in [-0.2, -0.15) is 25.3 Å². The zero-order valence-electron chi connectivity index (χ0n) is 6.09. The summed E-state index contributed by atoms with van der Waals surface area (Å²) in [4.78, 5) is 0. The highest BCUT2D eigenvalue weighted by molar-refractivity contribution is 8.10. The Morgan fingerprint density at radius 2 is 1.07 bits per heavy atom. The van der Waals surface area contributed by atoms with Crippen molar-refractivity contribution < 1.29 is 38.9 Å². The van der Waals surface area contributed by atoms with Crippen LogP contribution >= 0.6 is 0 Å². The van der Waals surface area contributed by atoms with Crippen molar-refractivity contribution in [2.45, 2.75) is 0 Å². The van der Waals surface area contributed by atoms with E-state index in [1.165, 1.54) is 0 Å². The van der Waals surface area contributed by atoms with Crippen LogP contribution in [0.5, 0.6) is 0 Å². The molecule has 3 N–H and O–H groups in total. The highest BCUT2D eigenvalue weighted by Gasteiger charge is 2.29. The normalized spacial score (nSPS) is 13.6. The van der Waals surface area contributed by atoms with E-state index >= 15 is 0 Å². The molecule has 0 aliphatic rings. The van der Waals surface area contributed by atoms with E-state index in [0.29, 0.717) is 0 Å². The Kier molecular flexibility index (Phi) is 3.42. The molecule has 0 aliphatic heterocycles. The summed E-state index contributed by atoms with van der Waals surface area (Å²) in [6.07, 6.45) is 0. The standard InChI is InChI=1S/C2H4O9S3/c3-12(4,5)1-2(13(6,7)8)14(9,10)11/h1H,(H,3,4,5)(H,6,7,8)(H,9,10,11). The number of hydrogen-bond donors (Lipinski definition) is 3. The van der Waals surface area contributed by atoms with Crippen molar-refractivity contribution in [3.8, 4) is 0 Å². The topological polar surface area (TPSA) is 163 Å². The molecule has 0 unspecified atom stereocenters. The summed E-state index contributed by atoms with van der Waals surface area (Å²) >= 11 is 0. The Labute approximate surface area is 79.3 Å².